The van der Waals surface area contributed by atoms with Crippen LogP contribution in [0.25, 0.3) is 0 Å². The highest BCUT2D eigenvalue weighted by atomic mass is 16.6. The average Bonchev–Trinajstić information content (AvgIpc) is 2.33. The summed E-state index contributed by atoms with van der Waals surface area (Å²) < 4.78 is 10.6. The lowest BCUT2D eigenvalue weighted by Crippen LogP contribution is -2.36. The molecule has 1 fully saturated rings. The van der Waals surface area contributed by atoms with Gasteiger partial charge in [-0.15, -0.1) is 0 Å². The molecule has 3 heteroatoms. The molecule has 0 aliphatic carbocycles. The Labute approximate surface area is 95.4 Å². The van der Waals surface area contributed by atoms with Gasteiger partial charge in [-0.1, -0.05) is 24.3 Å². The second-order valence-electron chi connectivity index (χ2n) is 4.00. The van der Waals surface area contributed by atoms with E-state index in [2.05, 4.69) is 0 Å². The lowest BCUT2D eigenvalue weighted by atomic mass is 10.0. The van der Waals surface area contributed by atoms with E-state index < -0.39 is 0 Å². The van der Waals surface area contributed by atoms with Gasteiger partial charge in [0, 0.05) is 6.42 Å². The van der Waals surface area contributed by atoms with Gasteiger partial charge in [0.1, 0.15) is 6.10 Å². The van der Waals surface area contributed by atoms with E-state index >= 15 is 0 Å². The molecule has 0 bridgehead atoms. The van der Waals surface area contributed by atoms with Crippen molar-refractivity contribution in [3.8, 4) is 0 Å². The molecule has 1 aliphatic rings. The number of Topliss-reactive ketones (excluding diaryl/α,β-unsaturated/α-hetero) is 1. The Hall–Kier alpha value is -1.19. The van der Waals surface area contributed by atoms with Crippen LogP contribution in [0.5, 0.6) is 0 Å². The summed E-state index contributed by atoms with van der Waals surface area (Å²) >= 11 is 0. The molecule has 1 aromatic carbocycles. The molecule has 1 heterocycles. The Bertz CT molecular complexity index is 367. The summed E-state index contributed by atoms with van der Waals surface area (Å²) in [6.07, 6.45) is 0.0501. The van der Waals surface area contributed by atoms with Crippen LogP contribution in [0.2, 0.25) is 0 Å². The van der Waals surface area contributed by atoms with E-state index in [1.54, 1.807) is 0 Å². The highest BCUT2D eigenvalue weighted by molar-refractivity contribution is 5.85. The molecule has 0 saturated carbocycles. The van der Waals surface area contributed by atoms with Gasteiger partial charge in [0.25, 0.3) is 0 Å². The third-order valence-electron chi connectivity index (χ3n) is 2.80. The van der Waals surface area contributed by atoms with Crippen molar-refractivity contribution in [3.63, 3.8) is 0 Å². The topological polar surface area (TPSA) is 35.5 Å². The van der Waals surface area contributed by atoms with Gasteiger partial charge in [-0.3, -0.25) is 4.79 Å². The maximum absolute atomic E-state index is 11.9. The maximum Gasteiger partial charge on any atom is 0.168 e. The zero-order valence-corrected chi connectivity index (χ0v) is 9.44. The van der Waals surface area contributed by atoms with Crippen LogP contribution >= 0.6 is 0 Å². The fourth-order valence-electron chi connectivity index (χ4n) is 1.78. The molecule has 1 aliphatic heterocycles. The van der Waals surface area contributed by atoms with Crippen LogP contribution in [0.15, 0.2) is 24.3 Å². The van der Waals surface area contributed by atoms with Crippen molar-refractivity contribution < 1.29 is 14.3 Å². The van der Waals surface area contributed by atoms with Crippen molar-refractivity contribution in [3.05, 3.63) is 35.4 Å². The molecule has 0 aromatic heterocycles. The quantitative estimate of drug-likeness (QED) is 0.774. The standard InChI is InChI=1S/C13H16O3/c1-10-4-2-3-5-11(10)8-12(14)13-9-15-6-7-16-13/h2-5,13H,6-9H2,1H3. The van der Waals surface area contributed by atoms with Gasteiger partial charge in [0.15, 0.2) is 5.78 Å². The molecule has 1 atom stereocenters. The zero-order chi connectivity index (χ0) is 11.4. The van der Waals surface area contributed by atoms with Crippen LogP contribution in [0, 0.1) is 6.92 Å². The van der Waals surface area contributed by atoms with Crippen LogP contribution in [-0.4, -0.2) is 31.7 Å². The Kier molecular flexibility index (Phi) is 3.70. The monoisotopic (exact) mass is 220 g/mol. The van der Waals surface area contributed by atoms with Crippen LogP contribution in [0.1, 0.15) is 11.1 Å². The third kappa shape index (κ3) is 2.68. The minimum Gasteiger partial charge on any atom is -0.376 e. The lowest BCUT2D eigenvalue weighted by Gasteiger charge is -2.21. The molecular formula is C13H16O3. The van der Waals surface area contributed by atoms with E-state index in [9.17, 15) is 4.79 Å². The largest absolute Gasteiger partial charge is 0.376 e. The van der Waals surface area contributed by atoms with Gasteiger partial charge in [0.2, 0.25) is 0 Å². The van der Waals surface area contributed by atoms with E-state index in [0.29, 0.717) is 26.2 Å². The molecule has 1 unspecified atom stereocenters. The predicted octanol–water partition coefficient (Wildman–Crippen LogP) is 1.52. The summed E-state index contributed by atoms with van der Waals surface area (Å²) in [5.41, 5.74) is 2.22. The molecule has 16 heavy (non-hydrogen) atoms. The van der Waals surface area contributed by atoms with Crippen LogP contribution in [0.3, 0.4) is 0 Å². The number of ketones is 1. The molecule has 86 valence electrons. The second kappa shape index (κ2) is 5.23. The minimum absolute atomic E-state index is 0.106. The molecule has 3 nitrogen and oxygen atoms in total. The first kappa shape index (κ1) is 11.3. The fraction of sp³-hybridized carbons (Fsp3) is 0.462. The maximum atomic E-state index is 11.9. The van der Waals surface area contributed by atoms with Gasteiger partial charge in [-0.25, -0.2) is 0 Å². The third-order valence-corrected chi connectivity index (χ3v) is 2.80. The van der Waals surface area contributed by atoms with Gasteiger partial charge >= 0.3 is 0 Å². The highest BCUT2D eigenvalue weighted by Crippen LogP contribution is 2.11. The van der Waals surface area contributed by atoms with E-state index in [-0.39, 0.29) is 11.9 Å². The first-order valence-electron chi connectivity index (χ1n) is 5.54. The summed E-state index contributed by atoms with van der Waals surface area (Å²) in [6, 6.07) is 7.93. The number of benzene rings is 1. The zero-order valence-electron chi connectivity index (χ0n) is 9.44. The van der Waals surface area contributed by atoms with Crippen LogP contribution < -0.4 is 0 Å². The Morgan fingerprint density at radius 3 is 2.88 bits per heavy atom. The van der Waals surface area contributed by atoms with E-state index in [4.69, 9.17) is 9.47 Å². The number of ether oxygens (including phenoxy) is 2. The Morgan fingerprint density at radius 2 is 2.19 bits per heavy atom. The number of aryl methyl sites for hydroxylation is 1. The van der Waals surface area contributed by atoms with Crippen molar-refractivity contribution >= 4 is 5.78 Å². The summed E-state index contributed by atoms with van der Waals surface area (Å²) in [5, 5.41) is 0. The van der Waals surface area contributed by atoms with Crippen molar-refractivity contribution in [2.45, 2.75) is 19.4 Å². The molecule has 0 N–H and O–H groups in total. The molecule has 2 rings (SSSR count). The first-order valence-corrected chi connectivity index (χ1v) is 5.54. The lowest BCUT2D eigenvalue weighted by molar-refractivity contribution is -0.144. The van der Waals surface area contributed by atoms with E-state index in [0.717, 1.165) is 11.1 Å². The van der Waals surface area contributed by atoms with Gasteiger partial charge in [-0.2, -0.15) is 0 Å². The Balaban J connectivity index is 1.99. The van der Waals surface area contributed by atoms with Crippen molar-refractivity contribution in [2.75, 3.05) is 19.8 Å². The number of hydrogen-bond acceptors (Lipinski definition) is 3. The molecule has 0 radical (unpaired) electrons. The fourth-order valence-corrected chi connectivity index (χ4v) is 1.78. The number of carbonyl (C=O) groups excluding carboxylic acids is 1. The molecule has 0 amide bonds. The van der Waals surface area contributed by atoms with Crippen LogP contribution in [0.4, 0.5) is 0 Å². The van der Waals surface area contributed by atoms with E-state index in [1.165, 1.54) is 0 Å². The normalized spacial score (nSPS) is 20.7. The first-order chi connectivity index (χ1) is 7.77. The predicted molar refractivity (Wildman–Crippen MR) is 60.4 cm³/mol. The smallest absolute Gasteiger partial charge is 0.168 e. The van der Waals surface area contributed by atoms with Crippen molar-refractivity contribution in [2.24, 2.45) is 0 Å². The summed E-state index contributed by atoms with van der Waals surface area (Å²) in [7, 11) is 0. The number of rotatable bonds is 3. The Morgan fingerprint density at radius 1 is 1.38 bits per heavy atom. The molecule has 1 aromatic rings. The van der Waals surface area contributed by atoms with E-state index in [1.807, 2.05) is 31.2 Å². The van der Waals surface area contributed by atoms with Gasteiger partial charge < -0.3 is 9.47 Å². The van der Waals surface area contributed by atoms with Gasteiger partial charge in [-0.05, 0) is 18.1 Å². The number of hydrogen-bond donors (Lipinski definition) is 0. The van der Waals surface area contributed by atoms with Gasteiger partial charge in [0.05, 0.1) is 19.8 Å². The molecule has 1 saturated heterocycles. The second-order valence-corrected chi connectivity index (χ2v) is 4.00. The minimum atomic E-state index is -0.381. The SMILES string of the molecule is Cc1ccccc1CC(=O)C1COCCO1. The number of carbonyl (C=O) groups is 1. The molecule has 0 spiro atoms. The van der Waals surface area contributed by atoms with Crippen LogP contribution in [-0.2, 0) is 20.7 Å². The summed E-state index contributed by atoms with van der Waals surface area (Å²) in [5.74, 6) is 0.106. The average molecular weight is 220 g/mol. The summed E-state index contributed by atoms with van der Waals surface area (Å²) in [4.78, 5) is 11.9. The van der Waals surface area contributed by atoms with Crippen molar-refractivity contribution in [1.82, 2.24) is 0 Å². The highest BCUT2D eigenvalue weighted by Gasteiger charge is 2.22. The molecular weight excluding hydrogens is 204 g/mol. The summed E-state index contributed by atoms with van der Waals surface area (Å²) in [6.45, 7) is 3.52. The van der Waals surface area contributed by atoms with Crippen molar-refractivity contribution in [1.29, 1.82) is 0 Å².